The number of terminal acetylenes is 1. The van der Waals surface area contributed by atoms with Crippen LogP contribution in [0.15, 0.2) is 12.1 Å². The molecule has 0 bridgehead atoms. The first-order valence-corrected chi connectivity index (χ1v) is 19.8. The smallest absolute Gasteiger partial charge is 0.0792 e. The normalized spacial score (nSPS) is 9.94. The monoisotopic (exact) mass is 734 g/mol. The van der Waals surface area contributed by atoms with Gasteiger partial charge in [0.15, 0.2) is 0 Å². The maximum Gasteiger partial charge on any atom is 0.0792 e. The van der Waals surface area contributed by atoms with Gasteiger partial charge in [-0.25, -0.2) is 0 Å². The van der Waals surface area contributed by atoms with Crippen LogP contribution in [0, 0.1) is 24.7 Å². The van der Waals surface area contributed by atoms with Crippen molar-refractivity contribution in [3.8, 4) is 18.3 Å². The Morgan fingerprint density at radius 3 is 1.08 bits per heavy atom. The Morgan fingerprint density at radius 1 is 0.639 bits per heavy atom. The van der Waals surface area contributed by atoms with Crippen LogP contribution in [0.4, 0.5) is 0 Å². The minimum absolute atomic E-state index is 0. The van der Waals surface area contributed by atoms with E-state index in [2.05, 4.69) is 53.4 Å². The van der Waals surface area contributed by atoms with E-state index >= 15 is 0 Å². The summed E-state index contributed by atoms with van der Waals surface area (Å²) >= 11 is 1.40. The predicted octanol–water partition coefficient (Wildman–Crippen LogP) is 11.1. The molecule has 0 amide bonds. The van der Waals surface area contributed by atoms with Gasteiger partial charge in [0, 0.05) is 38.3 Å². The van der Waals surface area contributed by atoms with E-state index in [-0.39, 0.29) is 38.3 Å². The summed E-state index contributed by atoms with van der Waals surface area (Å²) in [4.78, 5) is 1.63. The molecule has 0 N–H and O–H groups in total. The zero-order chi connectivity index (χ0) is 26.6. The molecule has 0 spiro atoms. The third-order valence-corrected chi connectivity index (χ3v) is 13.5. The summed E-state index contributed by atoms with van der Waals surface area (Å²) in [5.74, 6) is 4.73. The predicted molar refractivity (Wildman–Crippen MR) is 176 cm³/mol. The van der Waals surface area contributed by atoms with Crippen LogP contribution in [0.3, 0.4) is 0 Å². The van der Waals surface area contributed by atoms with Crippen LogP contribution in [0.2, 0.25) is 0 Å². The van der Waals surface area contributed by atoms with Crippen LogP contribution in [-0.2, 0) is 21.1 Å². The van der Waals surface area contributed by atoms with Gasteiger partial charge in [-0.05, 0) is 63.0 Å². The van der Waals surface area contributed by atoms with Crippen molar-refractivity contribution < 1.29 is 22.5 Å². The van der Waals surface area contributed by atoms with Gasteiger partial charge in [0.2, 0.25) is 0 Å². The molecule has 1 aromatic heterocycles. The van der Waals surface area contributed by atoms with Crippen LogP contribution in [-0.4, -0.2) is 37.0 Å². The Balaban J connectivity index is -0.000000218. The van der Waals surface area contributed by atoms with Gasteiger partial charge >= 0.3 is 0 Å². The Labute approximate surface area is 250 Å². The van der Waals surface area contributed by atoms with Gasteiger partial charge in [0.1, 0.15) is 0 Å². The molecule has 0 fully saturated rings. The van der Waals surface area contributed by atoms with Crippen molar-refractivity contribution in [3.63, 3.8) is 0 Å². The number of thiophene rings is 1. The third kappa shape index (κ3) is 27.4. The molecular weight excluding hydrogens is 673 g/mol. The van der Waals surface area contributed by atoms with Crippen LogP contribution in [0.5, 0.6) is 0 Å². The van der Waals surface area contributed by atoms with Crippen LogP contribution in [0.1, 0.15) is 130 Å². The van der Waals surface area contributed by atoms with Gasteiger partial charge in [-0.15, -0.1) is 17.8 Å². The van der Waals surface area contributed by atoms with E-state index in [1.807, 2.05) is 6.07 Å². The van der Waals surface area contributed by atoms with Gasteiger partial charge in [0.25, 0.3) is 0 Å². The second-order valence-electron chi connectivity index (χ2n) is 9.55. The van der Waals surface area contributed by atoms with Crippen molar-refractivity contribution in [2.24, 2.45) is 0 Å². The van der Waals surface area contributed by atoms with Gasteiger partial charge in [-0.2, -0.15) is 0 Å². The van der Waals surface area contributed by atoms with E-state index in [1.54, 1.807) is 43.0 Å². The second kappa shape index (κ2) is 33.4. The number of hydrogen-bond acceptors (Lipinski definition) is 1. The maximum absolute atomic E-state index is 6.72. The molecule has 0 saturated carbocycles. The van der Waals surface area contributed by atoms with Gasteiger partial charge in [-0.1, -0.05) is 86.0 Å². The fourth-order valence-electron chi connectivity index (χ4n) is 3.79. The summed E-state index contributed by atoms with van der Waals surface area (Å²) in [5, 5.41) is 0. The van der Waals surface area contributed by atoms with E-state index in [4.69, 9.17) is 12.8 Å². The minimum Gasteiger partial charge on any atom is -0.118 e. The van der Waals surface area contributed by atoms with Crippen molar-refractivity contribution in [2.75, 3.05) is 37.0 Å². The molecule has 1 rings (SSSR count). The Hall–Kier alpha value is 0.368. The standard InChI is InChI=1S/2C12H27P.C8H3S.Pt.H2/c2*1-4-7-10-13(11-8-5-2)12-9-6-3;1-3-7-5-6-8(4-2)9-7;;/h2*4-12H2,1-3H3;1,5-6H;;1H/p+2. The topological polar surface area (TPSA) is 0 Å². The Bertz CT molecular complexity index is 545. The molecule has 1 aromatic rings. The van der Waals surface area contributed by atoms with E-state index in [9.17, 15) is 0 Å². The molecule has 0 aliphatic carbocycles. The zero-order valence-corrected chi connectivity index (χ0v) is 29.8. The summed E-state index contributed by atoms with van der Waals surface area (Å²) in [6.07, 6.45) is 38.6. The average Bonchev–Trinajstić information content (AvgIpc) is 3.37. The number of hydrogen-bond donors (Lipinski definition) is 0. The first-order chi connectivity index (χ1) is 17.1. The van der Waals surface area contributed by atoms with Crippen molar-refractivity contribution in [1.82, 2.24) is 0 Å². The molecule has 1 radical (unpaired) electrons. The summed E-state index contributed by atoms with van der Waals surface area (Å²) in [5.41, 5.74) is 0. The van der Waals surface area contributed by atoms with Crippen LogP contribution < -0.4 is 0 Å². The van der Waals surface area contributed by atoms with Crippen molar-refractivity contribution in [3.05, 3.63) is 28.3 Å². The first kappa shape index (κ1) is 40.9. The summed E-state index contributed by atoms with van der Waals surface area (Å²) in [7, 11) is 0.135. The second-order valence-corrected chi connectivity index (χ2v) is 16.6. The summed E-state index contributed by atoms with van der Waals surface area (Å²) in [6, 6.07) is 3.59. The van der Waals surface area contributed by atoms with Gasteiger partial charge in [-0.3, -0.25) is 0 Å². The van der Waals surface area contributed by atoms with Crippen molar-refractivity contribution in [1.29, 1.82) is 0 Å². The molecule has 0 aromatic carbocycles. The van der Waals surface area contributed by atoms with Gasteiger partial charge in [0.05, 0.1) is 46.7 Å². The molecule has 0 nitrogen and oxygen atoms in total. The fourth-order valence-corrected chi connectivity index (χ4v) is 11.0. The molecule has 213 valence electrons. The van der Waals surface area contributed by atoms with Gasteiger partial charge < -0.3 is 0 Å². The third-order valence-electron chi connectivity index (χ3n) is 6.17. The summed E-state index contributed by atoms with van der Waals surface area (Å²) in [6.45, 7) is 13.9. The molecule has 4 heteroatoms. The molecule has 36 heavy (non-hydrogen) atoms. The largest absolute Gasteiger partial charge is 0.118 e. The van der Waals surface area contributed by atoms with Crippen molar-refractivity contribution in [2.45, 2.75) is 119 Å². The van der Waals surface area contributed by atoms with E-state index < -0.39 is 0 Å². The Morgan fingerprint density at radius 2 is 0.917 bits per heavy atom. The molecule has 0 aliphatic heterocycles. The minimum atomic E-state index is 0. The molecule has 1 heterocycles. The summed E-state index contributed by atoms with van der Waals surface area (Å²) < 4.78 is 0. The zero-order valence-electron chi connectivity index (χ0n) is 24.7. The fraction of sp³-hybridized carbons (Fsp3) is 0.750. The SMILES string of the molecule is CCCC[PH+](CCCC)CCCC.CCCC[PH+](CCCC)CCCC.[C]#Cc1ccc(C#C)s1.[HH].[Pt]. The van der Waals surface area contributed by atoms with Crippen LogP contribution >= 0.6 is 27.2 Å². The maximum atomic E-state index is 6.72. The number of unbranched alkanes of at least 4 members (excludes halogenated alkanes) is 6. The molecule has 0 atom stereocenters. The molecule has 0 unspecified atom stereocenters. The van der Waals surface area contributed by atoms with E-state index in [1.165, 1.54) is 88.4 Å². The quantitative estimate of drug-likeness (QED) is 0.104. The first-order valence-electron chi connectivity index (χ1n) is 14.7. The molecular formula is C32H61P2PtS+2. The number of rotatable bonds is 18. The average molecular weight is 735 g/mol. The Kier molecular flexibility index (Phi) is 37.9. The van der Waals surface area contributed by atoms with Crippen molar-refractivity contribution >= 4 is 27.2 Å². The van der Waals surface area contributed by atoms with Crippen LogP contribution in [0.25, 0.3) is 0 Å². The van der Waals surface area contributed by atoms with E-state index in [0.717, 1.165) is 9.75 Å². The molecule has 0 aliphatic rings. The molecule has 0 saturated heterocycles. The van der Waals surface area contributed by atoms with E-state index in [0.29, 0.717) is 0 Å².